The monoisotopic (exact) mass is 400 g/mol. The van der Waals surface area contributed by atoms with Crippen molar-refractivity contribution < 1.29 is 8.42 Å². The fraction of sp³-hybridized carbons (Fsp3) is 0.400. The number of benzene rings is 1. The third kappa shape index (κ3) is 3.41. The molecule has 1 saturated heterocycles. The van der Waals surface area contributed by atoms with Gasteiger partial charge in [-0.2, -0.15) is 0 Å². The maximum Gasteiger partial charge on any atom is 0.160 e. The van der Waals surface area contributed by atoms with E-state index >= 15 is 0 Å². The molecule has 1 fully saturated rings. The van der Waals surface area contributed by atoms with Crippen LogP contribution in [0.2, 0.25) is 0 Å². The Morgan fingerprint density at radius 1 is 1.36 bits per heavy atom. The number of thioether (sulfide) groups is 1. The van der Waals surface area contributed by atoms with Crippen molar-refractivity contribution in [2.75, 3.05) is 18.1 Å². The minimum atomic E-state index is -2.95. The summed E-state index contributed by atoms with van der Waals surface area (Å²) in [7, 11) is -2.95. The molecular formula is C15H17BrN2O2S2. The average Bonchev–Trinajstić information content (AvgIpc) is 2.92. The van der Waals surface area contributed by atoms with Crippen LogP contribution in [0.25, 0.3) is 0 Å². The van der Waals surface area contributed by atoms with Crippen molar-refractivity contribution in [1.29, 1.82) is 0 Å². The molecule has 2 aliphatic rings. The summed E-state index contributed by atoms with van der Waals surface area (Å²) in [6.07, 6.45) is 1.81. The highest BCUT2D eigenvalue weighted by Crippen LogP contribution is 2.32. The molecule has 0 bridgehead atoms. The summed E-state index contributed by atoms with van der Waals surface area (Å²) in [5.74, 6) is 1.21. The summed E-state index contributed by atoms with van der Waals surface area (Å²) in [5, 5.41) is 0.938. The van der Waals surface area contributed by atoms with Gasteiger partial charge >= 0.3 is 0 Å². The van der Waals surface area contributed by atoms with Crippen molar-refractivity contribution in [1.82, 2.24) is 4.90 Å². The van der Waals surface area contributed by atoms with Gasteiger partial charge in [0.1, 0.15) is 0 Å². The minimum Gasteiger partial charge on any atom is -0.342 e. The number of halogens is 1. The van der Waals surface area contributed by atoms with Crippen molar-refractivity contribution >= 4 is 42.7 Å². The molecular weight excluding hydrogens is 384 g/mol. The highest BCUT2D eigenvalue weighted by atomic mass is 79.9. The lowest BCUT2D eigenvalue weighted by molar-refractivity contribution is 0.379. The zero-order valence-electron chi connectivity index (χ0n) is 12.0. The molecule has 2 heterocycles. The number of rotatable bonds is 4. The predicted molar refractivity (Wildman–Crippen MR) is 96.0 cm³/mol. The smallest absolute Gasteiger partial charge is 0.160 e. The molecule has 0 amide bonds. The molecule has 1 aromatic carbocycles. The van der Waals surface area contributed by atoms with Crippen molar-refractivity contribution in [2.24, 2.45) is 4.99 Å². The van der Waals surface area contributed by atoms with Crippen LogP contribution in [0.15, 0.2) is 46.4 Å². The first-order chi connectivity index (χ1) is 10.5. The van der Waals surface area contributed by atoms with Gasteiger partial charge in [0, 0.05) is 16.8 Å². The minimum absolute atomic E-state index is 0.0181. The van der Waals surface area contributed by atoms with E-state index < -0.39 is 9.84 Å². The highest BCUT2D eigenvalue weighted by Gasteiger charge is 2.45. The summed E-state index contributed by atoms with van der Waals surface area (Å²) in [6.45, 7) is 4.42. The van der Waals surface area contributed by atoms with E-state index in [1.807, 2.05) is 18.2 Å². The molecule has 0 N–H and O–H groups in total. The van der Waals surface area contributed by atoms with Gasteiger partial charge in [-0.05, 0) is 17.7 Å². The molecule has 2 aliphatic heterocycles. The van der Waals surface area contributed by atoms with Crippen LogP contribution in [0.3, 0.4) is 0 Å². The Morgan fingerprint density at radius 3 is 2.77 bits per heavy atom. The Hall–Kier alpha value is -0.790. The molecule has 4 nitrogen and oxygen atoms in total. The number of amidine groups is 1. The first-order valence-electron chi connectivity index (χ1n) is 7.01. The van der Waals surface area contributed by atoms with Crippen LogP contribution in [0, 0.1) is 0 Å². The lowest BCUT2D eigenvalue weighted by Gasteiger charge is -2.24. The molecule has 0 spiro atoms. The Kier molecular flexibility index (Phi) is 4.66. The lowest BCUT2D eigenvalue weighted by Crippen LogP contribution is -2.39. The molecule has 7 heteroatoms. The average molecular weight is 401 g/mol. The Balaban J connectivity index is 1.72. The lowest BCUT2D eigenvalue weighted by atomic mass is 10.2. The fourth-order valence-corrected chi connectivity index (χ4v) is 6.00. The maximum absolute atomic E-state index is 11.8. The Morgan fingerprint density at radius 2 is 2.09 bits per heavy atom. The van der Waals surface area contributed by atoms with E-state index in [0.717, 1.165) is 15.4 Å². The van der Waals surface area contributed by atoms with Gasteiger partial charge in [0.25, 0.3) is 0 Å². The second kappa shape index (κ2) is 6.37. The topological polar surface area (TPSA) is 49.7 Å². The Bertz CT molecular complexity index is 701. The molecule has 118 valence electrons. The summed E-state index contributed by atoms with van der Waals surface area (Å²) >= 11 is 5.10. The van der Waals surface area contributed by atoms with E-state index in [4.69, 9.17) is 0 Å². The molecule has 0 saturated carbocycles. The Labute approximate surface area is 143 Å². The second-order valence-electron chi connectivity index (χ2n) is 5.48. The number of sulfone groups is 1. The molecule has 1 aromatic rings. The van der Waals surface area contributed by atoms with Crippen LogP contribution < -0.4 is 0 Å². The number of hydrogen-bond acceptors (Lipinski definition) is 5. The standard InChI is InChI=1S/C15H17BrN2O2S2/c1-2-7-18-14-10-22(19,20)9-13(14)17-15(18)21-8-11-3-5-12(16)6-4-11/h2-6,13-14H,1,7-10H2/t13-,14+/m0/s1. The number of hydrogen-bond donors (Lipinski definition) is 0. The summed E-state index contributed by atoms with van der Waals surface area (Å²) in [5.41, 5.74) is 1.22. The van der Waals surface area contributed by atoms with Crippen molar-refractivity contribution in [3.8, 4) is 0 Å². The predicted octanol–water partition coefficient (Wildman–Crippen LogP) is 2.71. The third-order valence-corrected chi connectivity index (χ3v) is 7.13. The van der Waals surface area contributed by atoms with Gasteiger partial charge in [-0.1, -0.05) is 45.9 Å². The fourth-order valence-electron chi connectivity index (χ4n) is 2.79. The van der Waals surface area contributed by atoms with E-state index in [9.17, 15) is 8.42 Å². The van der Waals surface area contributed by atoms with Gasteiger partial charge in [0.2, 0.25) is 0 Å². The summed E-state index contributed by atoms with van der Waals surface area (Å²) in [6, 6.07) is 8.07. The van der Waals surface area contributed by atoms with Gasteiger partial charge in [0.05, 0.1) is 23.6 Å². The third-order valence-electron chi connectivity index (χ3n) is 3.82. The number of aliphatic imine (C=N–C) groups is 1. The largest absolute Gasteiger partial charge is 0.342 e. The van der Waals surface area contributed by atoms with Crippen molar-refractivity contribution in [3.05, 3.63) is 47.0 Å². The van der Waals surface area contributed by atoms with Crippen LogP contribution in [-0.2, 0) is 15.6 Å². The zero-order chi connectivity index (χ0) is 15.7. The molecule has 0 radical (unpaired) electrons. The van der Waals surface area contributed by atoms with Gasteiger partial charge in [-0.15, -0.1) is 6.58 Å². The normalized spacial score (nSPS) is 25.9. The molecule has 0 unspecified atom stereocenters. The zero-order valence-corrected chi connectivity index (χ0v) is 15.2. The van der Waals surface area contributed by atoms with Crippen molar-refractivity contribution in [2.45, 2.75) is 17.8 Å². The van der Waals surface area contributed by atoms with E-state index in [2.05, 4.69) is 44.5 Å². The van der Waals surface area contributed by atoms with Crippen molar-refractivity contribution in [3.63, 3.8) is 0 Å². The van der Waals surface area contributed by atoms with Crippen LogP contribution in [0.5, 0.6) is 0 Å². The van der Waals surface area contributed by atoms with Crippen LogP contribution >= 0.6 is 27.7 Å². The van der Waals surface area contributed by atoms with Gasteiger partial charge in [-0.25, -0.2) is 8.42 Å². The van der Waals surface area contributed by atoms with Gasteiger partial charge < -0.3 is 4.90 Å². The number of fused-ring (bicyclic) bond motifs is 1. The molecule has 0 aliphatic carbocycles. The first kappa shape index (κ1) is 16.1. The second-order valence-corrected chi connectivity index (χ2v) is 9.49. The first-order valence-corrected chi connectivity index (χ1v) is 10.6. The summed E-state index contributed by atoms with van der Waals surface area (Å²) in [4.78, 5) is 6.74. The van der Waals surface area contributed by atoms with Gasteiger partial charge in [0.15, 0.2) is 15.0 Å². The molecule has 22 heavy (non-hydrogen) atoms. The molecule has 3 rings (SSSR count). The van der Waals surface area contributed by atoms with Gasteiger partial charge in [-0.3, -0.25) is 4.99 Å². The van der Waals surface area contributed by atoms with Crippen LogP contribution in [-0.4, -0.2) is 48.6 Å². The van der Waals surface area contributed by atoms with Crippen LogP contribution in [0.4, 0.5) is 0 Å². The SMILES string of the molecule is C=CCN1C(SCc2ccc(Br)cc2)=N[C@H]2CS(=O)(=O)C[C@H]21. The van der Waals surface area contributed by atoms with Crippen LogP contribution in [0.1, 0.15) is 5.56 Å². The van der Waals surface area contributed by atoms with E-state index in [0.29, 0.717) is 6.54 Å². The summed E-state index contributed by atoms with van der Waals surface area (Å²) < 4.78 is 24.6. The number of nitrogens with zero attached hydrogens (tertiary/aromatic N) is 2. The molecule has 2 atom stereocenters. The quantitative estimate of drug-likeness (QED) is 0.728. The van der Waals surface area contributed by atoms with E-state index in [1.54, 1.807) is 11.8 Å². The highest BCUT2D eigenvalue weighted by molar-refractivity contribution is 9.10. The molecule has 0 aromatic heterocycles. The van der Waals surface area contributed by atoms with E-state index in [1.165, 1.54) is 5.56 Å². The maximum atomic E-state index is 11.8. The van der Waals surface area contributed by atoms with E-state index in [-0.39, 0.29) is 23.6 Å².